The van der Waals surface area contributed by atoms with E-state index in [2.05, 4.69) is 4.99 Å². The molecule has 5 heteroatoms. The molecule has 0 aliphatic heterocycles. The van der Waals surface area contributed by atoms with E-state index in [4.69, 9.17) is 0 Å². The summed E-state index contributed by atoms with van der Waals surface area (Å²) in [5.41, 5.74) is 1.27. The minimum Gasteiger partial charge on any atom is -0.325 e. The average Bonchev–Trinajstić information content (AvgIpc) is 2.17. The molecule has 0 fully saturated rings. The molecule has 0 aromatic heterocycles. The molecule has 0 saturated heterocycles. The Bertz CT molecular complexity index is 396. The Morgan fingerprint density at radius 3 is 2.25 bits per heavy atom. The van der Waals surface area contributed by atoms with Crippen LogP contribution in [0.25, 0.3) is 0 Å². The van der Waals surface area contributed by atoms with Crippen LogP contribution in [0, 0.1) is 6.92 Å². The van der Waals surface area contributed by atoms with Gasteiger partial charge in [-0.25, -0.2) is 0 Å². The van der Waals surface area contributed by atoms with Crippen LogP contribution in [0.3, 0.4) is 0 Å². The zero-order chi connectivity index (χ0) is 12.3. The standard InChI is InChI=1S/C11H13F3N2/c1-8-6-4-5-7-9(8)16(3)10(15-2)11(12,13)14/h4-7H,1-3H3. The van der Waals surface area contributed by atoms with Gasteiger partial charge < -0.3 is 4.90 Å². The molecule has 0 saturated carbocycles. The second-order valence-electron chi connectivity index (χ2n) is 3.39. The second-order valence-corrected chi connectivity index (χ2v) is 3.39. The van der Waals surface area contributed by atoms with Gasteiger partial charge in [-0.05, 0) is 18.6 Å². The van der Waals surface area contributed by atoms with Gasteiger partial charge in [0, 0.05) is 19.8 Å². The molecule has 0 aliphatic rings. The molecular formula is C11H13F3N2. The van der Waals surface area contributed by atoms with Crippen molar-refractivity contribution in [3.05, 3.63) is 29.8 Å². The Morgan fingerprint density at radius 2 is 1.81 bits per heavy atom. The number of aliphatic imine (C=N–C) groups is 1. The summed E-state index contributed by atoms with van der Waals surface area (Å²) in [6.45, 7) is 1.76. The van der Waals surface area contributed by atoms with E-state index < -0.39 is 12.0 Å². The highest BCUT2D eigenvalue weighted by molar-refractivity contribution is 6.01. The number of alkyl halides is 3. The maximum Gasteiger partial charge on any atom is 0.449 e. The lowest BCUT2D eigenvalue weighted by Gasteiger charge is -2.24. The van der Waals surface area contributed by atoms with Gasteiger partial charge >= 0.3 is 6.18 Å². The van der Waals surface area contributed by atoms with E-state index in [1.165, 1.54) is 7.05 Å². The van der Waals surface area contributed by atoms with E-state index >= 15 is 0 Å². The largest absolute Gasteiger partial charge is 0.449 e. The van der Waals surface area contributed by atoms with Crippen LogP contribution in [0.4, 0.5) is 18.9 Å². The van der Waals surface area contributed by atoms with Crippen LogP contribution in [-0.2, 0) is 0 Å². The Hall–Kier alpha value is -1.52. The maximum atomic E-state index is 12.6. The zero-order valence-corrected chi connectivity index (χ0v) is 9.34. The number of hydrogen-bond acceptors (Lipinski definition) is 1. The molecule has 0 spiro atoms. The fraction of sp³-hybridized carbons (Fsp3) is 0.364. The van der Waals surface area contributed by atoms with Gasteiger partial charge in [-0.15, -0.1) is 0 Å². The first-order chi connectivity index (χ1) is 7.38. The number of amidine groups is 1. The minimum absolute atomic E-state index is 0.500. The first kappa shape index (κ1) is 12.5. The summed E-state index contributed by atoms with van der Waals surface area (Å²) in [4.78, 5) is 4.35. The molecule has 0 aliphatic carbocycles. The molecule has 16 heavy (non-hydrogen) atoms. The molecule has 0 unspecified atom stereocenters. The first-order valence-electron chi connectivity index (χ1n) is 4.71. The summed E-state index contributed by atoms with van der Waals surface area (Å²) >= 11 is 0. The van der Waals surface area contributed by atoms with Gasteiger partial charge in [0.1, 0.15) is 0 Å². The quantitative estimate of drug-likeness (QED) is 0.535. The van der Waals surface area contributed by atoms with Crippen molar-refractivity contribution in [2.45, 2.75) is 13.1 Å². The van der Waals surface area contributed by atoms with E-state index in [9.17, 15) is 13.2 Å². The Morgan fingerprint density at radius 1 is 1.25 bits per heavy atom. The highest BCUT2D eigenvalue weighted by Crippen LogP contribution is 2.25. The SMILES string of the molecule is CN=C(N(C)c1ccccc1C)C(F)(F)F. The molecule has 0 radical (unpaired) electrons. The summed E-state index contributed by atoms with van der Waals surface area (Å²) in [7, 11) is 2.50. The van der Waals surface area contributed by atoms with Gasteiger partial charge in [0.2, 0.25) is 5.84 Å². The maximum absolute atomic E-state index is 12.6. The van der Waals surface area contributed by atoms with Crippen LogP contribution in [-0.4, -0.2) is 26.1 Å². The fourth-order valence-corrected chi connectivity index (χ4v) is 1.52. The number of anilines is 1. The number of aryl methyl sites for hydroxylation is 1. The average molecular weight is 230 g/mol. The van der Waals surface area contributed by atoms with Gasteiger partial charge in [-0.2, -0.15) is 13.2 Å². The number of halogens is 3. The number of hydrogen-bond donors (Lipinski definition) is 0. The molecule has 1 aromatic rings. The van der Waals surface area contributed by atoms with Crippen molar-refractivity contribution < 1.29 is 13.2 Å². The normalized spacial score (nSPS) is 12.8. The summed E-state index contributed by atoms with van der Waals surface area (Å²) < 4.78 is 37.8. The summed E-state index contributed by atoms with van der Waals surface area (Å²) in [6.07, 6.45) is -4.44. The third kappa shape index (κ3) is 2.53. The highest BCUT2D eigenvalue weighted by atomic mass is 19.4. The number of rotatable bonds is 1. The number of para-hydroxylation sites is 1. The van der Waals surface area contributed by atoms with Crippen LogP contribution >= 0.6 is 0 Å². The highest BCUT2D eigenvalue weighted by Gasteiger charge is 2.38. The fourth-order valence-electron chi connectivity index (χ4n) is 1.52. The van der Waals surface area contributed by atoms with Crippen molar-refractivity contribution in [2.75, 3.05) is 19.0 Å². The third-order valence-corrected chi connectivity index (χ3v) is 2.26. The Balaban J connectivity index is 3.12. The van der Waals surface area contributed by atoms with Crippen molar-refractivity contribution in [2.24, 2.45) is 4.99 Å². The predicted octanol–water partition coefficient (Wildman–Crippen LogP) is 3.02. The van der Waals surface area contributed by atoms with Crippen molar-refractivity contribution in [3.63, 3.8) is 0 Å². The Labute approximate surface area is 92.4 Å². The van der Waals surface area contributed by atoms with E-state index in [-0.39, 0.29) is 0 Å². The smallest absolute Gasteiger partial charge is 0.325 e. The van der Waals surface area contributed by atoms with Crippen molar-refractivity contribution in [1.29, 1.82) is 0 Å². The second kappa shape index (κ2) is 4.55. The number of benzene rings is 1. The zero-order valence-electron chi connectivity index (χ0n) is 9.34. The van der Waals surface area contributed by atoms with Crippen molar-refractivity contribution in [3.8, 4) is 0 Å². The molecule has 88 valence electrons. The summed E-state index contributed by atoms with van der Waals surface area (Å²) in [5, 5.41) is 0. The van der Waals surface area contributed by atoms with Gasteiger partial charge in [0.15, 0.2) is 0 Å². The molecule has 0 heterocycles. The van der Waals surface area contributed by atoms with Gasteiger partial charge in [0.05, 0.1) is 0 Å². The molecule has 0 amide bonds. The van der Waals surface area contributed by atoms with Crippen LogP contribution in [0.2, 0.25) is 0 Å². The van der Waals surface area contributed by atoms with Gasteiger partial charge in [-0.1, -0.05) is 18.2 Å². The molecule has 0 bridgehead atoms. The molecule has 0 N–H and O–H groups in total. The monoisotopic (exact) mass is 230 g/mol. The topological polar surface area (TPSA) is 15.6 Å². The van der Waals surface area contributed by atoms with Crippen molar-refractivity contribution >= 4 is 11.5 Å². The lowest BCUT2D eigenvalue weighted by Crippen LogP contribution is -2.39. The lowest BCUT2D eigenvalue weighted by atomic mass is 10.2. The van der Waals surface area contributed by atoms with Gasteiger partial charge in [-0.3, -0.25) is 4.99 Å². The molecular weight excluding hydrogens is 217 g/mol. The Kier molecular flexibility index (Phi) is 3.57. The van der Waals surface area contributed by atoms with E-state index in [0.29, 0.717) is 5.69 Å². The molecule has 0 atom stereocenters. The van der Waals surface area contributed by atoms with Crippen LogP contribution < -0.4 is 4.90 Å². The predicted molar refractivity (Wildman–Crippen MR) is 59.0 cm³/mol. The molecule has 1 aromatic carbocycles. The first-order valence-corrected chi connectivity index (χ1v) is 4.71. The lowest BCUT2D eigenvalue weighted by molar-refractivity contribution is -0.0600. The third-order valence-electron chi connectivity index (χ3n) is 2.26. The minimum atomic E-state index is -4.44. The van der Waals surface area contributed by atoms with Crippen LogP contribution in [0.15, 0.2) is 29.3 Å². The van der Waals surface area contributed by atoms with E-state index in [0.717, 1.165) is 17.5 Å². The van der Waals surface area contributed by atoms with Crippen LogP contribution in [0.1, 0.15) is 5.56 Å². The number of nitrogens with zero attached hydrogens (tertiary/aromatic N) is 2. The molecule has 1 rings (SSSR count). The van der Waals surface area contributed by atoms with E-state index in [1.807, 2.05) is 0 Å². The van der Waals surface area contributed by atoms with E-state index in [1.54, 1.807) is 31.2 Å². The molecule has 2 nitrogen and oxygen atoms in total. The van der Waals surface area contributed by atoms with Crippen molar-refractivity contribution in [1.82, 2.24) is 0 Å². The van der Waals surface area contributed by atoms with Crippen LogP contribution in [0.5, 0.6) is 0 Å². The van der Waals surface area contributed by atoms with Gasteiger partial charge in [0.25, 0.3) is 0 Å². The summed E-state index contributed by atoms with van der Waals surface area (Å²) in [5.74, 6) is -0.901. The summed E-state index contributed by atoms with van der Waals surface area (Å²) in [6, 6.07) is 6.87.